The van der Waals surface area contributed by atoms with Gasteiger partial charge in [-0.3, -0.25) is 4.79 Å². The van der Waals surface area contributed by atoms with E-state index in [4.69, 9.17) is 19.9 Å². The third kappa shape index (κ3) is 10.2. The van der Waals surface area contributed by atoms with Crippen LogP contribution < -0.4 is 31.7 Å². The van der Waals surface area contributed by atoms with Gasteiger partial charge in [0.2, 0.25) is 17.8 Å². The van der Waals surface area contributed by atoms with Crippen LogP contribution in [-0.4, -0.2) is 73.5 Å². The zero-order valence-corrected chi connectivity index (χ0v) is 23.5. The Morgan fingerprint density at radius 2 is 1.41 bits per heavy atom. The van der Waals surface area contributed by atoms with Crippen molar-refractivity contribution in [2.75, 3.05) is 62.6 Å². The Balaban J connectivity index is 1.27. The van der Waals surface area contributed by atoms with Crippen molar-refractivity contribution in [3.8, 4) is 5.75 Å². The number of carbonyl (C=O) groups excluding carboxylic acids is 1. The molecule has 1 aliphatic rings. The summed E-state index contributed by atoms with van der Waals surface area (Å²) in [7, 11) is 1.65. The number of ether oxygens (including phenoxy) is 3. The van der Waals surface area contributed by atoms with Gasteiger partial charge in [0, 0.05) is 37.8 Å². The summed E-state index contributed by atoms with van der Waals surface area (Å²) in [6.07, 6.45) is 3.43. The number of hydrogen-bond acceptors (Lipinski definition) is 11. The van der Waals surface area contributed by atoms with Gasteiger partial charge in [0.05, 0.1) is 33.5 Å². The first kappa shape index (κ1) is 30.0. The molecule has 6 N–H and O–H groups in total. The Morgan fingerprint density at radius 1 is 0.829 bits per heavy atom. The topological polar surface area (TPSA) is 158 Å². The second-order valence-corrected chi connectivity index (χ2v) is 9.60. The summed E-state index contributed by atoms with van der Waals surface area (Å²) in [6, 6.07) is 15.6. The Labute approximate surface area is 240 Å². The monoisotopic (exact) mass is 564 g/mol. The van der Waals surface area contributed by atoms with Crippen molar-refractivity contribution in [2.24, 2.45) is 5.73 Å². The summed E-state index contributed by atoms with van der Waals surface area (Å²) >= 11 is 0. The Kier molecular flexibility index (Phi) is 11.9. The zero-order valence-electron chi connectivity index (χ0n) is 23.5. The second kappa shape index (κ2) is 16.3. The molecule has 0 spiro atoms. The Morgan fingerprint density at radius 3 is 1.98 bits per heavy atom. The van der Waals surface area contributed by atoms with Crippen LogP contribution >= 0.6 is 0 Å². The molecule has 1 heterocycles. The molecule has 0 atom stereocenters. The minimum atomic E-state index is -0.149. The van der Waals surface area contributed by atoms with Gasteiger partial charge in [0.25, 0.3) is 5.91 Å². The predicted octanol–water partition coefficient (Wildman–Crippen LogP) is 2.79. The lowest BCUT2D eigenvalue weighted by atomic mass is 9.93. The average Bonchev–Trinajstić information content (AvgIpc) is 2.98. The van der Waals surface area contributed by atoms with Crippen molar-refractivity contribution in [1.82, 2.24) is 20.3 Å². The van der Waals surface area contributed by atoms with E-state index >= 15 is 0 Å². The molecule has 0 radical (unpaired) electrons. The fourth-order valence-electron chi connectivity index (χ4n) is 3.96. The summed E-state index contributed by atoms with van der Waals surface area (Å²) in [6.45, 7) is 3.87. The number of rotatable bonds is 18. The van der Waals surface area contributed by atoms with E-state index in [9.17, 15) is 4.79 Å². The van der Waals surface area contributed by atoms with Gasteiger partial charge < -0.3 is 41.2 Å². The van der Waals surface area contributed by atoms with Gasteiger partial charge in [-0.15, -0.1) is 0 Å². The summed E-state index contributed by atoms with van der Waals surface area (Å²) < 4.78 is 15.9. The number of benzene rings is 2. The van der Waals surface area contributed by atoms with Crippen LogP contribution in [0, 0.1) is 0 Å². The number of carbonyl (C=O) groups is 1. The van der Waals surface area contributed by atoms with Crippen molar-refractivity contribution in [2.45, 2.75) is 38.4 Å². The second-order valence-electron chi connectivity index (χ2n) is 9.60. The Hall–Kier alpha value is -4.00. The molecule has 2 aromatic carbocycles. The molecular weight excluding hydrogens is 524 g/mol. The molecular formula is C29H40N8O4. The minimum Gasteiger partial charge on any atom is -0.497 e. The minimum absolute atomic E-state index is 0.149. The molecule has 1 aromatic heterocycles. The highest BCUT2D eigenvalue weighted by Gasteiger charge is 2.19. The molecule has 0 unspecified atom stereocenters. The number of nitrogens with two attached hydrogens (primary N) is 1. The molecule has 3 aromatic rings. The molecule has 1 saturated carbocycles. The molecule has 0 bridgehead atoms. The maximum atomic E-state index is 12.4. The highest BCUT2D eigenvalue weighted by atomic mass is 16.5. The van der Waals surface area contributed by atoms with Crippen LogP contribution in [-0.2, 0) is 22.6 Å². The SMILES string of the molecule is COc1ccc(CNc2nc(NCc3ccc(C(=O)NCCOCCOCCN)cc3)nc(NC3CCC3)n2)cc1. The van der Waals surface area contributed by atoms with Gasteiger partial charge in [0.15, 0.2) is 0 Å². The smallest absolute Gasteiger partial charge is 0.251 e. The summed E-state index contributed by atoms with van der Waals surface area (Å²) in [4.78, 5) is 26.1. The number of anilines is 3. The molecule has 41 heavy (non-hydrogen) atoms. The molecule has 4 rings (SSSR count). The predicted molar refractivity (Wildman–Crippen MR) is 158 cm³/mol. The number of amides is 1. The van der Waals surface area contributed by atoms with E-state index in [1.165, 1.54) is 6.42 Å². The van der Waals surface area contributed by atoms with Crippen molar-refractivity contribution < 1.29 is 19.0 Å². The summed E-state index contributed by atoms with van der Waals surface area (Å²) in [5.41, 5.74) is 8.02. The number of hydrogen-bond donors (Lipinski definition) is 5. The highest BCUT2D eigenvalue weighted by Crippen LogP contribution is 2.23. The first-order valence-electron chi connectivity index (χ1n) is 14.0. The molecule has 12 heteroatoms. The molecule has 220 valence electrons. The molecule has 1 fully saturated rings. The van der Waals surface area contributed by atoms with E-state index < -0.39 is 0 Å². The van der Waals surface area contributed by atoms with Gasteiger partial charge in [-0.1, -0.05) is 24.3 Å². The van der Waals surface area contributed by atoms with Crippen LogP contribution in [0.4, 0.5) is 17.8 Å². The van der Waals surface area contributed by atoms with Crippen molar-refractivity contribution in [3.63, 3.8) is 0 Å². The zero-order chi connectivity index (χ0) is 28.7. The van der Waals surface area contributed by atoms with E-state index in [2.05, 4.69) is 36.2 Å². The van der Waals surface area contributed by atoms with Crippen LogP contribution in [0.3, 0.4) is 0 Å². The van der Waals surface area contributed by atoms with Gasteiger partial charge in [-0.25, -0.2) is 0 Å². The third-order valence-electron chi connectivity index (χ3n) is 6.52. The molecule has 0 saturated heterocycles. The first-order valence-corrected chi connectivity index (χ1v) is 14.0. The molecule has 0 aliphatic heterocycles. The van der Waals surface area contributed by atoms with Crippen LogP contribution in [0.1, 0.15) is 40.7 Å². The van der Waals surface area contributed by atoms with Gasteiger partial charge in [0.1, 0.15) is 5.75 Å². The average molecular weight is 565 g/mol. The number of nitrogens with zero attached hydrogens (tertiary/aromatic N) is 3. The summed E-state index contributed by atoms with van der Waals surface area (Å²) in [5.74, 6) is 2.16. The lowest BCUT2D eigenvalue weighted by Gasteiger charge is -2.26. The summed E-state index contributed by atoms with van der Waals surface area (Å²) in [5, 5.41) is 12.8. The van der Waals surface area contributed by atoms with Crippen molar-refractivity contribution in [1.29, 1.82) is 0 Å². The number of aromatic nitrogens is 3. The first-order chi connectivity index (χ1) is 20.1. The fraction of sp³-hybridized carbons (Fsp3) is 0.448. The van der Waals surface area contributed by atoms with Crippen LogP contribution in [0.2, 0.25) is 0 Å². The van der Waals surface area contributed by atoms with E-state index in [1.807, 2.05) is 36.4 Å². The standard InChI is InChI=1S/C29H40N8O4/c1-39-25-11-7-22(8-12-25)20-33-28-35-27(36-29(37-28)34-24-3-2-4-24)32-19-21-5-9-23(10-6-21)26(38)31-14-16-41-18-17-40-15-13-30/h5-12,24H,2-4,13-20,30H2,1H3,(H,31,38)(H3,32,33,34,35,36,37). The van der Waals surface area contributed by atoms with Gasteiger partial charge in [-0.05, 0) is 54.7 Å². The lowest BCUT2D eigenvalue weighted by Crippen LogP contribution is -2.28. The highest BCUT2D eigenvalue weighted by molar-refractivity contribution is 5.94. The van der Waals surface area contributed by atoms with E-state index in [1.54, 1.807) is 19.2 Å². The fourth-order valence-corrected chi connectivity index (χ4v) is 3.96. The van der Waals surface area contributed by atoms with Crippen LogP contribution in [0.25, 0.3) is 0 Å². The van der Waals surface area contributed by atoms with Crippen molar-refractivity contribution in [3.05, 3.63) is 65.2 Å². The molecule has 12 nitrogen and oxygen atoms in total. The lowest BCUT2D eigenvalue weighted by molar-refractivity contribution is 0.0511. The largest absolute Gasteiger partial charge is 0.497 e. The van der Waals surface area contributed by atoms with Gasteiger partial charge in [-0.2, -0.15) is 15.0 Å². The van der Waals surface area contributed by atoms with Crippen LogP contribution in [0.15, 0.2) is 48.5 Å². The van der Waals surface area contributed by atoms with Crippen LogP contribution in [0.5, 0.6) is 5.75 Å². The van der Waals surface area contributed by atoms with E-state index in [0.717, 1.165) is 29.7 Å². The van der Waals surface area contributed by atoms with E-state index in [0.29, 0.717) is 82.1 Å². The third-order valence-corrected chi connectivity index (χ3v) is 6.52. The normalized spacial score (nSPS) is 12.8. The van der Waals surface area contributed by atoms with Gasteiger partial charge >= 0.3 is 0 Å². The quantitative estimate of drug-likeness (QED) is 0.145. The number of methoxy groups -OCH3 is 1. The van der Waals surface area contributed by atoms with E-state index in [-0.39, 0.29) is 5.91 Å². The maximum absolute atomic E-state index is 12.4. The Bertz CT molecular complexity index is 1210. The van der Waals surface area contributed by atoms with Crippen molar-refractivity contribution >= 4 is 23.8 Å². The molecule has 1 aliphatic carbocycles. The number of nitrogens with one attached hydrogen (secondary N) is 4. The maximum Gasteiger partial charge on any atom is 0.251 e. The molecule has 1 amide bonds.